The van der Waals surface area contributed by atoms with Gasteiger partial charge in [0.15, 0.2) is 0 Å². The fourth-order valence-electron chi connectivity index (χ4n) is 4.87. The standard InChI is InChI=1S/C25H37N3O4/c1-18(2)14-22-24(30)27(16-19-10-6-4-7-11-19)17-21(15-23(29)32-3)28(22)25(31)26-20-12-8-5-9-13-20/h4,6-7,10-11,18,20-22H,5,8-9,12-17H2,1-3H3,(H,26,31)/t21-,22-/m0/s1. The van der Waals surface area contributed by atoms with Crippen LogP contribution < -0.4 is 5.32 Å². The molecule has 1 heterocycles. The maximum atomic E-state index is 13.6. The number of esters is 1. The van der Waals surface area contributed by atoms with Crippen molar-refractivity contribution in [2.24, 2.45) is 5.92 Å². The highest BCUT2D eigenvalue weighted by Gasteiger charge is 2.44. The summed E-state index contributed by atoms with van der Waals surface area (Å²) in [4.78, 5) is 42.7. The summed E-state index contributed by atoms with van der Waals surface area (Å²) >= 11 is 0. The van der Waals surface area contributed by atoms with Gasteiger partial charge in [0.2, 0.25) is 5.91 Å². The Balaban J connectivity index is 1.86. The van der Waals surface area contributed by atoms with Gasteiger partial charge in [-0.1, -0.05) is 63.4 Å². The van der Waals surface area contributed by atoms with Crippen LogP contribution in [0.3, 0.4) is 0 Å². The summed E-state index contributed by atoms with van der Waals surface area (Å²) in [5, 5.41) is 3.16. The summed E-state index contributed by atoms with van der Waals surface area (Å²) in [7, 11) is 1.36. The van der Waals surface area contributed by atoms with Gasteiger partial charge in [0.25, 0.3) is 0 Å². The molecule has 1 aliphatic heterocycles. The Morgan fingerprint density at radius 2 is 1.81 bits per heavy atom. The van der Waals surface area contributed by atoms with Gasteiger partial charge < -0.3 is 19.9 Å². The van der Waals surface area contributed by atoms with Crippen LogP contribution in [-0.2, 0) is 20.9 Å². The van der Waals surface area contributed by atoms with Crippen molar-refractivity contribution >= 4 is 17.9 Å². The van der Waals surface area contributed by atoms with Crippen molar-refractivity contribution in [1.82, 2.24) is 15.1 Å². The minimum atomic E-state index is -0.592. The van der Waals surface area contributed by atoms with Crippen LogP contribution in [0.2, 0.25) is 0 Å². The van der Waals surface area contributed by atoms with Crippen LogP contribution in [0.15, 0.2) is 30.3 Å². The molecule has 176 valence electrons. The number of piperazine rings is 1. The number of amides is 3. The molecular weight excluding hydrogens is 406 g/mol. The van der Waals surface area contributed by atoms with E-state index in [0.717, 1.165) is 31.2 Å². The monoisotopic (exact) mass is 443 g/mol. The number of carbonyl (C=O) groups is 3. The first kappa shape index (κ1) is 24.1. The summed E-state index contributed by atoms with van der Waals surface area (Å²) < 4.78 is 4.93. The molecule has 7 heteroatoms. The summed E-state index contributed by atoms with van der Waals surface area (Å²) in [6.45, 7) is 4.88. The second-order valence-corrected chi connectivity index (χ2v) is 9.48. The number of ether oxygens (including phenoxy) is 1. The molecule has 0 bridgehead atoms. The van der Waals surface area contributed by atoms with E-state index in [1.54, 1.807) is 9.80 Å². The van der Waals surface area contributed by atoms with Crippen LogP contribution in [0.4, 0.5) is 4.79 Å². The Bertz CT molecular complexity index is 777. The highest BCUT2D eigenvalue weighted by Crippen LogP contribution is 2.27. The molecule has 2 aliphatic rings. The molecule has 1 saturated heterocycles. The zero-order valence-electron chi connectivity index (χ0n) is 19.6. The molecule has 3 rings (SSSR count). The van der Waals surface area contributed by atoms with Gasteiger partial charge in [0.1, 0.15) is 6.04 Å². The third-order valence-corrected chi connectivity index (χ3v) is 6.47. The molecule has 0 radical (unpaired) electrons. The highest BCUT2D eigenvalue weighted by atomic mass is 16.5. The number of urea groups is 1. The number of carbonyl (C=O) groups excluding carboxylic acids is 3. The molecule has 1 N–H and O–H groups in total. The lowest BCUT2D eigenvalue weighted by Gasteiger charge is -2.46. The van der Waals surface area contributed by atoms with Crippen LogP contribution in [0.1, 0.15) is 64.4 Å². The largest absolute Gasteiger partial charge is 0.469 e. The quantitative estimate of drug-likeness (QED) is 0.652. The fraction of sp³-hybridized carbons (Fsp3) is 0.640. The van der Waals surface area contributed by atoms with E-state index in [0.29, 0.717) is 19.5 Å². The molecule has 0 aromatic heterocycles. The maximum absolute atomic E-state index is 13.6. The van der Waals surface area contributed by atoms with Gasteiger partial charge in [-0.2, -0.15) is 0 Å². The number of rotatable bonds is 7. The predicted octanol–water partition coefficient (Wildman–Crippen LogP) is 3.72. The number of nitrogens with zero attached hydrogens (tertiary/aromatic N) is 2. The number of hydrogen-bond acceptors (Lipinski definition) is 4. The van der Waals surface area contributed by atoms with Crippen LogP contribution in [0.25, 0.3) is 0 Å². The SMILES string of the molecule is COC(=O)C[C@H]1CN(Cc2ccccc2)C(=O)[C@H](CC(C)C)N1C(=O)NC1CCCCC1. The van der Waals surface area contributed by atoms with E-state index in [1.165, 1.54) is 13.5 Å². The normalized spacial score (nSPS) is 22.2. The van der Waals surface area contributed by atoms with Crippen molar-refractivity contribution in [1.29, 1.82) is 0 Å². The summed E-state index contributed by atoms with van der Waals surface area (Å²) in [6, 6.07) is 8.71. The van der Waals surface area contributed by atoms with Crippen molar-refractivity contribution in [2.45, 2.75) is 83.5 Å². The van der Waals surface area contributed by atoms with E-state index < -0.39 is 12.1 Å². The molecule has 2 fully saturated rings. The van der Waals surface area contributed by atoms with E-state index in [9.17, 15) is 14.4 Å². The summed E-state index contributed by atoms with van der Waals surface area (Å²) in [6.07, 6.45) is 5.96. The Morgan fingerprint density at radius 1 is 1.12 bits per heavy atom. The molecule has 0 unspecified atom stereocenters. The zero-order valence-corrected chi connectivity index (χ0v) is 19.6. The lowest BCUT2D eigenvalue weighted by Crippen LogP contribution is -2.66. The first-order valence-electron chi connectivity index (χ1n) is 11.9. The summed E-state index contributed by atoms with van der Waals surface area (Å²) in [5.74, 6) is -0.199. The van der Waals surface area contributed by atoms with Crippen LogP contribution >= 0.6 is 0 Å². The second kappa shape index (κ2) is 11.3. The highest BCUT2D eigenvalue weighted by molar-refractivity contribution is 5.89. The van der Waals surface area contributed by atoms with Crippen LogP contribution in [0.5, 0.6) is 0 Å². The van der Waals surface area contributed by atoms with Crippen molar-refractivity contribution in [3.63, 3.8) is 0 Å². The van der Waals surface area contributed by atoms with Crippen molar-refractivity contribution in [3.8, 4) is 0 Å². The molecule has 1 aromatic rings. The van der Waals surface area contributed by atoms with E-state index in [1.807, 2.05) is 30.3 Å². The molecule has 1 aliphatic carbocycles. The van der Waals surface area contributed by atoms with Gasteiger partial charge in [0, 0.05) is 19.1 Å². The van der Waals surface area contributed by atoms with Crippen molar-refractivity contribution in [2.75, 3.05) is 13.7 Å². The van der Waals surface area contributed by atoms with Gasteiger partial charge >= 0.3 is 12.0 Å². The average molecular weight is 444 g/mol. The Kier molecular flexibility index (Phi) is 8.53. The van der Waals surface area contributed by atoms with Gasteiger partial charge in [0.05, 0.1) is 19.6 Å². The Hall–Kier alpha value is -2.57. The van der Waals surface area contributed by atoms with Gasteiger partial charge in [-0.05, 0) is 30.7 Å². The van der Waals surface area contributed by atoms with Gasteiger partial charge in [-0.3, -0.25) is 9.59 Å². The van der Waals surface area contributed by atoms with E-state index in [-0.39, 0.29) is 36.3 Å². The first-order chi connectivity index (χ1) is 15.4. The number of methoxy groups -OCH3 is 1. The minimum Gasteiger partial charge on any atom is -0.469 e. The van der Waals surface area contributed by atoms with E-state index in [2.05, 4.69) is 19.2 Å². The molecule has 2 atom stereocenters. The number of hydrogen-bond donors (Lipinski definition) is 1. The van der Waals surface area contributed by atoms with E-state index in [4.69, 9.17) is 4.74 Å². The first-order valence-corrected chi connectivity index (χ1v) is 11.9. The number of benzene rings is 1. The van der Waals surface area contributed by atoms with Gasteiger partial charge in [-0.15, -0.1) is 0 Å². The van der Waals surface area contributed by atoms with Crippen molar-refractivity contribution < 1.29 is 19.1 Å². The topological polar surface area (TPSA) is 79.0 Å². The smallest absolute Gasteiger partial charge is 0.318 e. The maximum Gasteiger partial charge on any atom is 0.318 e. The lowest BCUT2D eigenvalue weighted by atomic mass is 9.94. The molecule has 1 aromatic carbocycles. The average Bonchev–Trinajstić information content (AvgIpc) is 2.78. The van der Waals surface area contributed by atoms with Crippen LogP contribution in [0, 0.1) is 5.92 Å². The Labute approximate surface area is 191 Å². The molecule has 32 heavy (non-hydrogen) atoms. The van der Waals surface area contributed by atoms with Crippen molar-refractivity contribution in [3.05, 3.63) is 35.9 Å². The minimum absolute atomic E-state index is 0.0533. The lowest BCUT2D eigenvalue weighted by molar-refractivity contribution is -0.150. The Morgan fingerprint density at radius 3 is 2.44 bits per heavy atom. The predicted molar refractivity (Wildman–Crippen MR) is 123 cm³/mol. The molecule has 0 spiro atoms. The second-order valence-electron chi connectivity index (χ2n) is 9.48. The summed E-state index contributed by atoms with van der Waals surface area (Å²) in [5.41, 5.74) is 1.03. The third-order valence-electron chi connectivity index (χ3n) is 6.47. The number of nitrogens with one attached hydrogen (secondary N) is 1. The fourth-order valence-corrected chi connectivity index (χ4v) is 4.87. The van der Waals surface area contributed by atoms with Gasteiger partial charge in [-0.25, -0.2) is 4.79 Å². The molecule has 3 amide bonds. The molecule has 1 saturated carbocycles. The van der Waals surface area contributed by atoms with E-state index >= 15 is 0 Å². The molecular formula is C25H37N3O4. The zero-order chi connectivity index (χ0) is 23.1. The van der Waals surface area contributed by atoms with Crippen LogP contribution in [-0.4, -0.2) is 59.5 Å². The molecule has 7 nitrogen and oxygen atoms in total. The third kappa shape index (κ3) is 6.24.